The second-order valence-electron chi connectivity index (χ2n) is 7.69. The van der Waals surface area contributed by atoms with Gasteiger partial charge in [0.15, 0.2) is 16.5 Å². The smallest absolute Gasteiger partial charge is 0.258 e. The fourth-order valence-electron chi connectivity index (χ4n) is 3.89. The van der Waals surface area contributed by atoms with E-state index in [1.54, 1.807) is 28.8 Å². The molecule has 2 aliphatic heterocycles. The Labute approximate surface area is 182 Å². The number of amides is 1. The molecule has 4 heterocycles. The minimum Gasteiger partial charge on any atom is -0.454 e. The number of anilines is 1. The molecule has 0 radical (unpaired) electrons. The molecule has 1 aromatic carbocycles. The minimum absolute atomic E-state index is 0.0475. The second-order valence-corrected chi connectivity index (χ2v) is 8.56. The fourth-order valence-corrected chi connectivity index (χ4v) is 4.63. The summed E-state index contributed by atoms with van der Waals surface area (Å²) in [6.07, 6.45) is 1.74. The number of hydrogen-bond acceptors (Lipinski definition) is 8. The fraction of sp³-hybridized carbons (Fsp3) is 0.381. The van der Waals surface area contributed by atoms with Crippen LogP contribution in [0, 0.1) is 0 Å². The number of nitrogens with zero attached hydrogens (tertiary/aromatic N) is 4. The van der Waals surface area contributed by atoms with Gasteiger partial charge in [0, 0.05) is 62.1 Å². The van der Waals surface area contributed by atoms with Crippen molar-refractivity contribution in [2.24, 2.45) is 0 Å². The molecule has 0 unspecified atom stereocenters. The number of benzene rings is 1. The Hall–Kier alpha value is -2.95. The van der Waals surface area contributed by atoms with E-state index in [1.807, 2.05) is 18.4 Å². The first-order valence-corrected chi connectivity index (χ1v) is 11.1. The summed E-state index contributed by atoms with van der Waals surface area (Å²) < 4.78 is 12.2. The van der Waals surface area contributed by atoms with Gasteiger partial charge in [0.25, 0.3) is 5.56 Å². The molecule has 10 heteroatoms. The molecule has 1 N–H and O–H groups in total. The molecule has 1 saturated heterocycles. The zero-order chi connectivity index (χ0) is 21.4. The number of carbonyl (C=O) groups is 1. The van der Waals surface area contributed by atoms with Crippen molar-refractivity contribution in [2.45, 2.75) is 19.5 Å². The Balaban J connectivity index is 1.16. The zero-order valence-electron chi connectivity index (χ0n) is 17.1. The molecule has 31 heavy (non-hydrogen) atoms. The van der Waals surface area contributed by atoms with Crippen molar-refractivity contribution < 1.29 is 14.3 Å². The minimum atomic E-state index is -0.252. The number of piperazine rings is 1. The Morgan fingerprint density at radius 2 is 2.00 bits per heavy atom. The summed E-state index contributed by atoms with van der Waals surface area (Å²) in [5.74, 6) is 1.29. The van der Waals surface area contributed by atoms with Crippen molar-refractivity contribution in [3.8, 4) is 11.5 Å². The highest BCUT2D eigenvalue weighted by Crippen LogP contribution is 2.34. The van der Waals surface area contributed by atoms with Gasteiger partial charge in [0.05, 0.1) is 11.7 Å². The maximum Gasteiger partial charge on any atom is 0.258 e. The summed E-state index contributed by atoms with van der Waals surface area (Å²) >= 11 is 1.46. The van der Waals surface area contributed by atoms with E-state index in [1.165, 1.54) is 11.3 Å². The van der Waals surface area contributed by atoms with E-state index in [9.17, 15) is 9.59 Å². The number of carbonyl (C=O) groups excluding carboxylic acids is 1. The molecular weight excluding hydrogens is 418 g/mol. The maximum absolute atomic E-state index is 12.7. The summed E-state index contributed by atoms with van der Waals surface area (Å²) in [6.45, 7) is 5.94. The van der Waals surface area contributed by atoms with Crippen molar-refractivity contribution in [2.75, 3.05) is 38.3 Å². The topological polar surface area (TPSA) is 88.4 Å². The Morgan fingerprint density at radius 3 is 2.84 bits per heavy atom. The quantitative estimate of drug-likeness (QED) is 0.644. The number of ether oxygens (including phenoxy) is 2. The highest BCUT2D eigenvalue weighted by molar-refractivity contribution is 7.15. The summed E-state index contributed by atoms with van der Waals surface area (Å²) in [4.78, 5) is 34.7. The molecule has 0 spiro atoms. The Bertz CT molecular complexity index is 1170. The number of nitrogens with one attached hydrogen (secondary N) is 1. The second kappa shape index (κ2) is 8.29. The third-order valence-electron chi connectivity index (χ3n) is 5.72. The van der Waals surface area contributed by atoms with Crippen LogP contribution < -0.4 is 20.3 Å². The van der Waals surface area contributed by atoms with Gasteiger partial charge in [-0.15, -0.1) is 11.3 Å². The Morgan fingerprint density at radius 1 is 1.19 bits per heavy atom. The molecule has 162 valence electrons. The van der Waals surface area contributed by atoms with E-state index < -0.39 is 0 Å². The van der Waals surface area contributed by atoms with Crippen LogP contribution in [0.5, 0.6) is 11.5 Å². The largest absolute Gasteiger partial charge is 0.454 e. The predicted octanol–water partition coefficient (Wildman–Crippen LogP) is 1.63. The van der Waals surface area contributed by atoms with Gasteiger partial charge in [-0.2, -0.15) is 0 Å². The van der Waals surface area contributed by atoms with E-state index in [0.717, 1.165) is 36.8 Å². The normalized spacial score (nSPS) is 17.7. The van der Waals surface area contributed by atoms with E-state index in [-0.39, 0.29) is 24.3 Å². The monoisotopic (exact) mass is 441 g/mol. The summed E-state index contributed by atoms with van der Waals surface area (Å²) in [5, 5.41) is 4.83. The van der Waals surface area contributed by atoms with Gasteiger partial charge in [0.1, 0.15) is 0 Å². The average Bonchev–Trinajstić information content (AvgIpc) is 3.43. The van der Waals surface area contributed by atoms with Crippen molar-refractivity contribution >= 4 is 27.9 Å². The van der Waals surface area contributed by atoms with E-state index in [0.29, 0.717) is 23.7 Å². The highest BCUT2D eigenvalue weighted by atomic mass is 32.1. The van der Waals surface area contributed by atoms with Crippen LogP contribution in [0.4, 0.5) is 5.69 Å². The average molecular weight is 442 g/mol. The van der Waals surface area contributed by atoms with Crippen molar-refractivity contribution in [1.82, 2.24) is 19.2 Å². The van der Waals surface area contributed by atoms with Crippen LogP contribution in [-0.2, 0) is 11.3 Å². The van der Waals surface area contributed by atoms with Crippen LogP contribution in [0.25, 0.3) is 4.96 Å². The lowest BCUT2D eigenvalue weighted by molar-refractivity contribution is -0.121. The van der Waals surface area contributed by atoms with Gasteiger partial charge in [0.2, 0.25) is 12.7 Å². The van der Waals surface area contributed by atoms with Crippen LogP contribution in [-0.4, -0.2) is 64.1 Å². The lowest BCUT2D eigenvalue weighted by Gasteiger charge is -2.37. The molecule has 1 amide bonds. The molecule has 9 nitrogen and oxygen atoms in total. The molecule has 3 aromatic rings. The maximum atomic E-state index is 12.7. The molecule has 2 aliphatic rings. The molecule has 0 aliphatic carbocycles. The molecule has 1 fully saturated rings. The molecular formula is C21H23N5O4S. The summed E-state index contributed by atoms with van der Waals surface area (Å²) in [6, 6.07) is 6.75. The van der Waals surface area contributed by atoms with Crippen molar-refractivity contribution in [3.63, 3.8) is 0 Å². The zero-order valence-corrected chi connectivity index (χ0v) is 17.9. The van der Waals surface area contributed by atoms with Gasteiger partial charge in [-0.1, -0.05) is 0 Å². The summed E-state index contributed by atoms with van der Waals surface area (Å²) in [7, 11) is 0. The lowest BCUT2D eigenvalue weighted by atomic mass is 10.2. The van der Waals surface area contributed by atoms with Crippen molar-refractivity contribution in [3.05, 3.63) is 51.9 Å². The molecule has 1 atom stereocenters. The predicted molar refractivity (Wildman–Crippen MR) is 117 cm³/mol. The van der Waals surface area contributed by atoms with E-state index >= 15 is 0 Å². The molecule has 0 saturated carbocycles. The first-order valence-electron chi connectivity index (χ1n) is 10.2. The molecule has 2 aromatic heterocycles. The van der Waals surface area contributed by atoms with Crippen LogP contribution in [0.1, 0.15) is 12.6 Å². The van der Waals surface area contributed by atoms with Gasteiger partial charge < -0.3 is 14.8 Å². The SMILES string of the molecule is C[C@H](C(=O)Nc1ccc2c(c1)OCO2)N1CCN(Cc2cc(=O)n3ccsc3n2)CC1. The lowest BCUT2D eigenvalue weighted by Crippen LogP contribution is -2.52. The van der Waals surface area contributed by atoms with Crippen LogP contribution in [0.3, 0.4) is 0 Å². The number of fused-ring (bicyclic) bond motifs is 2. The first kappa shape index (κ1) is 20.0. The van der Waals surface area contributed by atoms with Crippen molar-refractivity contribution in [1.29, 1.82) is 0 Å². The van der Waals surface area contributed by atoms with Crippen LogP contribution in [0.15, 0.2) is 40.6 Å². The third-order valence-corrected chi connectivity index (χ3v) is 6.47. The van der Waals surface area contributed by atoms with Gasteiger partial charge >= 0.3 is 0 Å². The van der Waals surface area contributed by atoms with E-state index in [4.69, 9.17) is 9.47 Å². The highest BCUT2D eigenvalue weighted by Gasteiger charge is 2.26. The number of hydrogen-bond donors (Lipinski definition) is 1. The van der Waals surface area contributed by atoms with E-state index in [2.05, 4.69) is 20.1 Å². The molecule has 0 bridgehead atoms. The Kier molecular flexibility index (Phi) is 5.34. The standard InChI is InChI=1S/C21H23N5O4S/c1-14(20(28)22-15-2-3-17-18(10-15)30-13-29-17)25-6-4-24(5-7-25)12-16-11-19(27)26-8-9-31-21(26)23-16/h2-3,8-11,14H,4-7,12-13H2,1H3,(H,22,28)/t14-/m1/s1. The van der Waals surface area contributed by atoms with Crippen LogP contribution in [0.2, 0.25) is 0 Å². The number of rotatable bonds is 5. The third kappa shape index (κ3) is 4.14. The van der Waals surface area contributed by atoms with Gasteiger partial charge in [-0.25, -0.2) is 4.98 Å². The first-order chi connectivity index (χ1) is 15.1. The van der Waals surface area contributed by atoms with Gasteiger partial charge in [-0.05, 0) is 19.1 Å². The van der Waals surface area contributed by atoms with Gasteiger partial charge in [-0.3, -0.25) is 23.8 Å². The molecule has 5 rings (SSSR count). The number of aromatic nitrogens is 2. The number of thiazole rings is 1. The van der Waals surface area contributed by atoms with Crippen LogP contribution >= 0.6 is 11.3 Å². The summed E-state index contributed by atoms with van der Waals surface area (Å²) in [5.41, 5.74) is 1.43.